The predicted molar refractivity (Wildman–Crippen MR) is 101 cm³/mol. The third-order valence-corrected chi connectivity index (χ3v) is 5.63. The van der Waals surface area contributed by atoms with Crippen LogP contribution in [0.3, 0.4) is 0 Å². The zero-order valence-electron chi connectivity index (χ0n) is 14.0. The van der Waals surface area contributed by atoms with Gasteiger partial charge in [-0.25, -0.2) is 0 Å². The third-order valence-electron chi connectivity index (χ3n) is 4.34. The van der Waals surface area contributed by atoms with E-state index >= 15 is 0 Å². The fourth-order valence-corrected chi connectivity index (χ4v) is 4.28. The molecule has 1 aliphatic heterocycles. The van der Waals surface area contributed by atoms with Crippen molar-refractivity contribution >= 4 is 29.1 Å². The Bertz CT molecular complexity index is 921. The molecular weight excluding hydrogens is 346 g/mol. The number of anilines is 1. The van der Waals surface area contributed by atoms with Gasteiger partial charge in [0, 0.05) is 16.9 Å². The van der Waals surface area contributed by atoms with Gasteiger partial charge in [0.05, 0.1) is 23.7 Å². The summed E-state index contributed by atoms with van der Waals surface area (Å²) in [6, 6.07) is 20.5. The van der Waals surface area contributed by atoms with E-state index in [0.29, 0.717) is 5.56 Å². The SMILES string of the molecule is O=C(CN1C(=O)C[C@@H](c2ccco2)Sc2ccccc21)c1ccccc1. The first-order valence-corrected chi connectivity index (χ1v) is 9.28. The van der Waals surface area contributed by atoms with E-state index in [9.17, 15) is 9.59 Å². The van der Waals surface area contributed by atoms with Gasteiger partial charge in [-0.15, -0.1) is 11.8 Å². The van der Waals surface area contributed by atoms with Crippen molar-refractivity contribution in [1.82, 2.24) is 0 Å². The van der Waals surface area contributed by atoms with Gasteiger partial charge in [0.2, 0.25) is 5.91 Å². The smallest absolute Gasteiger partial charge is 0.229 e. The lowest BCUT2D eigenvalue weighted by Gasteiger charge is -2.21. The van der Waals surface area contributed by atoms with Crippen LogP contribution in [0.2, 0.25) is 0 Å². The molecule has 0 fully saturated rings. The van der Waals surface area contributed by atoms with Crippen molar-refractivity contribution in [2.24, 2.45) is 0 Å². The molecule has 0 saturated heterocycles. The first-order valence-electron chi connectivity index (χ1n) is 8.40. The van der Waals surface area contributed by atoms with Crippen molar-refractivity contribution in [3.8, 4) is 0 Å². The molecule has 4 rings (SSSR count). The quantitative estimate of drug-likeness (QED) is 0.629. The minimum absolute atomic E-state index is 0.0330. The van der Waals surface area contributed by atoms with Gasteiger partial charge >= 0.3 is 0 Å². The van der Waals surface area contributed by atoms with Gasteiger partial charge < -0.3 is 9.32 Å². The maximum atomic E-state index is 13.0. The molecule has 2 aromatic carbocycles. The zero-order valence-corrected chi connectivity index (χ0v) is 14.8. The first kappa shape index (κ1) is 16.7. The third kappa shape index (κ3) is 3.30. The highest BCUT2D eigenvalue weighted by molar-refractivity contribution is 7.99. The molecule has 1 aromatic heterocycles. The van der Waals surface area contributed by atoms with Gasteiger partial charge in [-0.3, -0.25) is 9.59 Å². The largest absolute Gasteiger partial charge is 0.468 e. The van der Waals surface area contributed by atoms with E-state index in [1.54, 1.807) is 35.1 Å². The molecule has 0 aliphatic carbocycles. The molecule has 0 bridgehead atoms. The average molecular weight is 363 g/mol. The second-order valence-electron chi connectivity index (χ2n) is 6.06. The predicted octanol–water partition coefficient (Wildman–Crippen LogP) is 4.73. The van der Waals surface area contributed by atoms with Crippen LogP contribution in [0.5, 0.6) is 0 Å². The fraction of sp³-hybridized carbons (Fsp3) is 0.143. The number of carbonyl (C=O) groups excluding carboxylic acids is 2. The van der Waals surface area contributed by atoms with Gasteiger partial charge in [-0.1, -0.05) is 42.5 Å². The summed E-state index contributed by atoms with van der Waals surface area (Å²) in [6.45, 7) is 0.0330. The standard InChI is InChI=1S/C21H17NO3S/c23-17(15-7-2-1-3-8-15)14-22-16-9-4-5-11-19(16)26-20(13-21(22)24)18-10-6-12-25-18/h1-12,20H,13-14H2/t20-/m0/s1. The van der Waals surface area contributed by atoms with E-state index in [-0.39, 0.29) is 29.9 Å². The number of Topliss-reactive ketones (excluding diaryl/α,β-unsaturated/α-hetero) is 1. The van der Waals surface area contributed by atoms with Gasteiger partial charge in [-0.05, 0) is 24.3 Å². The summed E-state index contributed by atoms with van der Waals surface area (Å²) < 4.78 is 5.52. The summed E-state index contributed by atoms with van der Waals surface area (Å²) in [5.41, 5.74) is 1.39. The normalized spacial score (nSPS) is 16.8. The number of para-hydroxylation sites is 1. The molecule has 0 N–H and O–H groups in total. The second-order valence-corrected chi connectivity index (χ2v) is 7.31. The number of hydrogen-bond donors (Lipinski definition) is 0. The number of carbonyl (C=O) groups is 2. The molecule has 0 spiro atoms. The number of rotatable bonds is 4. The number of ketones is 1. The molecule has 4 nitrogen and oxygen atoms in total. The molecule has 1 aliphatic rings. The molecule has 1 atom stereocenters. The van der Waals surface area contributed by atoms with Gasteiger partial charge in [0.25, 0.3) is 0 Å². The Balaban J connectivity index is 1.66. The topological polar surface area (TPSA) is 50.5 Å². The maximum absolute atomic E-state index is 13.0. The van der Waals surface area contributed by atoms with Crippen LogP contribution in [0.25, 0.3) is 0 Å². The molecule has 1 amide bonds. The summed E-state index contributed by atoms with van der Waals surface area (Å²) in [5, 5.41) is -0.101. The Morgan fingerprint density at radius 3 is 2.58 bits per heavy atom. The van der Waals surface area contributed by atoms with E-state index in [4.69, 9.17) is 4.42 Å². The van der Waals surface area contributed by atoms with Crippen LogP contribution in [-0.4, -0.2) is 18.2 Å². The number of hydrogen-bond acceptors (Lipinski definition) is 4. The highest BCUT2D eigenvalue weighted by Gasteiger charge is 2.31. The lowest BCUT2D eigenvalue weighted by atomic mass is 10.1. The van der Waals surface area contributed by atoms with E-state index in [1.807, 2.05) is 54.6 Å². The number of furan rings is 1. The molecule has 0 unspecified atom stereocenters. The Kier molecular flexibility index (Phi) is 4.63. The van der Waals surface area contributed by atoms with Crippen LogP contribution in [0, 0.1) is 0 Å². The van der Waals surface area contributed by atoms with E-state index in [2.05, 4.69) is 0 Å². The van der Waals surface area contributed by atoms with Crippen molar-refractivity contribution in [2.75, 3.05) is 11.4 Å². The monoisotopic (exact) mass is 363 g/mol. The number of fused-ring (bicyclic) bond motifs is 1. The van der Waals surface area contributed by atoms with Crippen molar-refractivity contribution in [3.05, 3.63) is 84.3 Å². The van der Waals surface area contributed by atoms with Crippen molar-refractivity contribution < 1.29 is 14.0 Å². The van der Waals surface area contributed by atoms with Gasteiger partial charge in [0.1, 0.15) is 5.76 Å². The highest BCUT2D eigenvalue weighted by atomic mass is 32.2. The van der Waals surface area contributed by atoms with Crippen LogP contribution >= 0.6 is 11.8 Å². The minimum Gasteiger partial charge on any atom is -0.468 e. The Labute approximate surface area is 155 Å². The second kappa shape index (κ2) is 7.22. The van der Waals surface area contributed by atoms with E-state index in [0.717, 1.165) is 16.3 Å². The van der Waals surface area contributed by atoms with Crippen molar-refractivity contribution in [1.29, 1.82) is 0 Å². The lowest BCUT2D eigenvalue weighted by molar-refractivity contribution is -0.118. The van der Waals surface area contributed by atoms with Gasteiger partial charge in [-0.2, -0.15) is 0 Å². The van der Waals surface area contributed by atoms with Crippen LogP contribution in [0.15, 0.2) is 82.3 Å². The van der Waals surface area contributed by atoms with Crippen LogP contribution in [0.1, 0.15) is 27.8 Å². The number of benzene rings is 2. The zero-order chi connectivity index (χ0) is 17.9. The molecular formula is C21H17NO3S. The van der Waals surface area contributed by atoms with E-state index < -0.39 is 0 Å². The maximum Gasteiger partial charge on any atom is 0.229 e. The minimum atomic E-state index is -0.101. The number of nitrogens with zero attached hydrogens (tertiary/aromatic N) is 1. The van der Waals surface area contributed by atoms with E-state index in [1.165, 1.54) is 0 Å². The van der Waals surface area contributed by atoms with Gasteiger partial charge in [0.15, 0.2) is 5.78 Å². The molecule has 3 aromatic rings. The summed E-state index contributed by atoms with van der Waals surface area (Å²) >= 11 is 1.60. The first-order chi connectivity index (χ1) is 12.7. The molecule has 0 radical (unpaired) electrons. The summed E-state index contributed by atoms with van der Waals surface area (Å²) in [5.74, 6) is 0.623. The molecule has 26 heavy (non-hydrogen) atoms. The van der Waals surface area contributed by atoms with Crippen LogP contribution < -0.4 is 4.90 Å². The lowest BCUT2D eigenvalue weighted by Crippen LogP contribution is -2.35. The molecule has 5 heteroatoms. The van der Waals surface area contributed by atoms with Crippen LogP contribution in [0.4, 0.5) is 5.69 Å². The van der Waals surface area contributed by atoms with Crippen LogP contribution in [-0.2, 0) is 4.79 Å². The number of thioether (sulfide) groups is 1. The summed E-state index contributed by atoms with van der Waals surface area (Å²) in [7, 11) is 0. The highest BCUT2D eigenvalue weighted by Crippen LogP contribution is 2.45. The Morgan fingerprint density at radius 1 is 1.04 bits per heavy atom. The fourth-order valence-electron chi connectivity index (χ4n) is 3.04. The molecule has 130 valence electrons. The van der Waals surface area contributed by atoms with Crippen molar-refractivity contribution in [3.63, 3.8) is 0 Å². The summed E-state index contributed by atoms with van der Waals surface area (Å²) in [4.78, 5) is 28.2. The Morgan fingerprint density at radius 2 is 1.81 bits per heavy atom. The number of amides is 1. The Hall–Kier alpha value is -2.79. The average Bonchev–Trinajstić information content (AvgIpc) is 3.17. The summed E-state index contributed by atoms with van der Waals surface area (Å²) in [6.07, 6.45) is 1.91. The molecule has 2 heterocycles. The van der Waals surface area contributed by atoms with Crippen molar-refractivity contribution in [2.45, 2.75) is 16.6 Å². The molecule has 0 saturated carbocycles.